The fraction of sp³-hybridized carbons (Fsp3) is 0.370. The summed E-state index contributed by atoms with van der Waals surface area (Å²) in [5.74, 6) is 0.150. The number of aromatic nitrogens is 2. The molecule has 0 saturated heterocycles. The molecule has 0 aliphatic carbocycles. The molecule has 0 aliphatic rings. The van der Waals surface area contributed by atoms with Crippen LogP contribution in [0.1, 0.15) is 38.4 Å². The second-order valence-electron chi connectivity index (χ2n) is 9.76. The van der Waals surface area contributed by atoms with E-state index in [1.54, 1.807) is 30.0 Å². The fourth-order valence-corrected chi connectivity index (χ4v) is 4.02. The van der Waals surface area contributed by atoms with Crippen molar-refractivity contribution in [1.29, 1.82) is 0 Å². The Kier molecular flexibility index (Phi) is 9.59. The zero-order valence-electron chi connectivity index (χ0n) is 21.8. The lowest BCUT2D eigenvalue weighted by Crippen LogP contribution is -2.41. The Balaban J connectivity index is 1.82. The van der Waals surface area contributed by atoms with Gasteiger partial charge in [-0.25, -0.2) is 9.48 Å². The van der Waals surface area contributed by atoms with Gasteiger partial charge in [-0.1, -0.05) is 67.7 Å². The van der Waals surface area contributed by atoms with E-state index in [0.717, 1.165) is 16.9 Å². The van der Waals surface area contributed by atoms with Gasteiger partial charge >= 0.3 is 6.03 Å². The van der Waals surface area contributed by atoms with Crippen LogP contribution in [0.4, 0.5) is 16.3 Å². The molecule has 2 aromatic carbocycles. The van der Waals surface area contributed by atoms with Crippen LogP contribution in [-0.2, 0) is 14.9 Å². The van der Waals surface area contributed by atoms with E-state index in [1.165, 1.54) is 4.90 Å². The summed E-state index contributed by atoms with van der Waals surface area (Å²) in [7, 11) is 1.58. The lowest BCUT2D eigenvalue weighted by atomic mass is 9.92. The summed E-state index contributed by atoms with van der Waals surface area (Å²) in [6.07, 6.45) is 0.545. The van der Waals surface area contributed by atoms with Gasteiger partial charge in [-0.05, 0) is 37.6 Å². The van der Waals surface area contributed by atoms with Gasteiger partial charge in [-0.15, -0.1) is 0 Å². The number of rotatable bonds is 9. The van der Waals surface area contributed by atoms with E-state index >= 15 is 0 Å². The number of ether oxygens (including phenoxy) is 1. The van der Waals surface area contributed by atoms with Crippen molar-refractivity contribution < 1.29 is 14.3 Å². The molecule has 10 heteroatoms. The van der Waals surface area contributed by atoms with Gasteiger partial charge in [0.1, 0.15) is 12.4 Å². The number of carbonyl (C=O) groups excluding carboxylic acids is 2. The largest absolute Gasteiger partial charge is 0.385 e. The fourth-order valence-electron chi connectivity index (χ4n) is 3.53. The molecule has 1 aromatic heterocycles. The number of aryl methyl sites for hydroxylation is 1. The monoisotopic (exact) mass is 545 g/mol. The number of benzene rings is 2. The van der Waals surface area contributed by atoms with Gasteiger partial charge in [-0.2, -0.15) is 5.10 Å². The SMILES string of the molecule is COCCCN(CC(=O)Nc1cc(C(C)(C)C)nn1-c1ccc(C)cc1)C(=O)Nc1c(Cl)cccc1Cl. The molecule has 1 heterocycles. The molecule has 3 amide bonds. The minimum atomic E-state index is -0.497. The molecule has 0 unspecified atom stereocenters. The molecule has 0 bridgehead atoms. The average Bonchev–Trinajstić information content (AvgIpc) is 3.25. The topological polar surface area (TPSA) is 88.5 Å². The molecule has 3 rings (SSSR count). The van der Waals surface area contributed by atoms with Crippen LogP contribution in [0.2, 0.25) is 10.0 Å². The zero-order chi connectivity index (χ0) is 27.2. The number of hydrogen-bond acceptors (Lipinski definition) is 4. The molecule has 0 spiro atoms. The predicted octanol–water partition coefficient (Wildman–Crippen LogP) is 6.29. The first kappa shape index (κ1) is 28.5. The quantitative estimate of drug-likeness (QED) is 0.309. The van der Waals surface area contributed by atoms with Crippen molar-refractivity contribution in [3.05, 3.63) is 69.8 Å². The summed E-state index contributed by atoms with van der Waals surface area (Å²) in [6, 6.07) is 14.2. The number of carbonyl (C=O) groups is 2. The number of halogens is 2. The highest BCUT2D eigenvalue weighted by molar-refractivity contribution is 6.39. The molecule has 198 valence electrons. The van der Waals surface area contributed by atoms with Crippen molar-refractivity contribution in [2.45, 2.75) is 39.5 Å². The van der Waals surface area contributed by atoms with Crippen molar-refractivity contribution in [2.75, 3.05) is 37.4 Å². The summed E-state index contributed by atoms with van der Waals surface area (Å²) in [6.45, 7) is 8.72. The number of nitrogens with one attached hydrogen (secondary N) is 2. The minimum Gasteiger partial charge on any atom is -0.385 e. The van der Waals surface area contributed by atoms with Crippen LogP contribution in [0, 0.1) is 6.92 Å². The molecular formula is C27H33Cl2N5O3. The Bertz CT molecular complexity index is 1220. The van der Waals surface area contributed by atoms with Gasteiger partial charge in [0.05, 0.1) is 27.1 Å². The average molecular weight is 546 g/mol. The van der Waals surface area contributed by atoms with Gasteiger partial charge in [0.15, 0.2) is 0 Å². The molecule has 0 aliphatic heterocycles. The number of para-hydroxylation sites is 1. The van der Waals surface area contributed by atoms with E-state index in [0.29, 0.717) is 41.1 Å². The Morgan fingerprint density at radius 3 is 2.30 bits per heavy atom. The first-order valence-electron chi connectivity index (χ1n) is 12.0. The molecule has 0 atom stereocenters. The van der Waals surface area contributed by atoms with Gasteiger partial charge in [0.25, 0.3) is 0 Å². The van der Waals surface area contributed by atoms with E-state index in [2.05, 4.69) is 31.4 Å². The van der Waals surface area contributed by atoms with Crippen LogP contribution in [-0.4, -0.2) is 53.4 Å². The number of hydrogen-bond donors (Lipinski definition) is 2. The van der Waals surface area contributed by atoms with Crippen LogP contribution in [0.3, 0.4) is 0 Å². The number of methoxy groups -OCH3 is 1. The van der Waals surface area contributed by atoms with Crippen molar-refractivity contribution in [2.24, 2.45) is 0 Å². The molecule has 0 fully saturated rings. The molecular weight excluding hydrogens is 513 g/mol. The van der Waals surface area contributed by atoms with E-state index in [1.807, 2.05) is 37.3 Å². The number of urea groups is 1. The van der Waals surface area contributed by atoms with E-state index < -0.39 is 6.03 Å². The summed E-state index contributed by atoms with van der Waals surface area (Å²) in [5, 5.41) is 11.0. The number of anilines is 2. The van der Waals surface area contributed by atoms with E-state index in [4.69, 9.17) is 33.0 Å². The van der Waals surface area contributed by atoms with Gasteiger partial charge < -0.3 is 20.3 Å². The van der Waals surface area contributed by atoms with E-state index in [-0.39, 0.29) is 17.9 Å². The van der Waals surface area contributed by atoms with Gasteiger partial charge in [-0.3, -0.25) is 4.79 Å². The second kappa shape index (κ2) is 12.4. The molecule has 0 saturated carbocycles. The van der Waals surface area contributed by atoms with Crippen molar-refractivity contribution in [3.8, 4) is 5.69 Å². The first-order valence-corrected chi connectivity index (χ1v) is 12.7. The summed E-state index contributed by atoms with van der Waals surface area (Å²) in [5.41, 5.74) is 2.83. The Morgan fingerprint density at radius 1 is 1.05 bits per heavy atom. The zero-order valence-corrected chi connectivity index (χ0v) is 23.3. The van der Waals surface area contributed by atoms with Gasteiger partial charge in [0.2, 0.25) is 5.91 Å². The van der Waals surface area contributed by atoms with Crippen molar-refractivity contribution in [1.82, 2.24) is 14.7 Å². The van der Waals surface area contributed by atoms with Crippen molar-refractivity contribution >= 4 is 46.6 Å². The van der Waals surface area contributed by atoms with Crippen LogP contribution in [0.15, 0.2) is 48.5 Å². The highest BCUT2D eigenvalue weighted by atomic mass is 35.5. The van der Waals surface area contributed by atoms with Crippen LogP contribution >= 0.6 is 23.2 Å². The smallest absolute Gasteiger partial charge is 0.322 e. The third kappa shape index (κ3) is 7.71. The Morgan fingerprint density at radius 2 is 1.70 bits per heavy atom. The van der Waals surface area contributed by atoms with Crippen LogP contribution in [0.5, 0.6) is 0 Å². The predicted molar refractivity (Wildman–Crippen MR) is 149 cm³/mol. The molecule has 3 aromatic rings. The molecule has 8 nitrogen and oxygen atoms in total. The van der Waals surface area contributed by atoms with Gasteiger partial charge in [0, 0.05) is 31.7 Å². The highest BCUT2D eigenvalue weighted by Gasteiger charge is 2.23. The number of amides is 3. The van der Waals surface area contributed by atoms with Crippen LogP contribution in [0.25, 0.3) is 5.69 Å². The van der Waals surface area contributed by atoms with E-state index in [9.17, 15) is 9.59 Å². The lowest BCUT2D eigenvalue weighted by Gasteiger charge is -2.23. The van der Waals surface area contributed by atoms with Crippen LogP contribution < -0.4 is 10.6 Å². The second-order valence-corrected chi connectivity index (χ2v) is 10.6. The third-order valence-corrected chi connectivity index (χ3v) is 6.25. The summed E-state index contributed by atoms with van der Waals surface area (Å²) >= 11 is 12.4. The first-order chi connectivity index (χ1) is 17.5. The Hall–Kier alpha value is -3.07. The maximum absolute atomic E-state index is 13.2. The number of nitrogens with zero attached hydrogens (tertiary/aromatic N) is 3. The maximum Gasteiger partial charge on any atom is 0.322 e. The summed E-state index contributed by atoms with van der Waals surface area (Å²) < 4.78 is 6.83. The lowest BCUT2D eigenvalue weighted by molar-refractivity contribution is -0.116. The molecule has 0 radical (unpaired) electrons. The summed E-state index contributed by atoms with van der Waals surface area (Å²) in [4.78, 5) is 27.7. The minimum absolute atomic E-state index is 0.193. The highest BCUT2D eigenvalue weighted by Crippen LogP contribution is 2.30. The van der Waals surface area contributed by atoms with Crippen molar-refractivity contribution in [3.63, 3.8) is 0 Å². The molecule has 37 heavy (non-hydrogen) atoms. The third-order valence-electron chi connectivity index (χ3n) is 5.62. The standard InChI is InChI=1S/C27H33Cl2N5O3/c1-18-10-12-19(13-11-18)34-23(16-22(32-34)27(2,3)4)30-24(35)17-33(14-7-15-37-5)26(36)31-25-20(28)8-6-9-21(25)29/h6,8-13,16H,7,14-15,17H2,1-5H3,(H,30,35)(H,31,36). The Labute approximate surface area is 227 Å². The molecule has 2 N–H and O–H groups in total. The maximum atomic E-state index is 13.2. The normalized spacial score (nSPS) is 11.3.